The summed E-state index contributed by atoms with van der Waals surface area (Å²) in [7, 11) is 1.83. The standard InChI is InChI=1S/C12H13ClN4O/c1-17(11-5-12(18)16-7-15-11)6-8-4-9(14)2-3-10(8)13/h2-5,7H,6,14H2,1H3,(H,15,16,18). The average Bonchev–Trinajstić information content (AvgIpc) is 2.34. The molecular formula is C12H13ClN4O. The summed E-state index contributed by atoms with van der Waals surface area (Å²) in [6.07, 6.45) is 1.37. The maximum Gasteiger partial charge on any atom is 0.252 e. The molecule has 0 radical (unpaired) electrons. The molecule has 0 saturated carbocycles. The molecule has 2 rings (SSSR count). The lowest BCUT2D eigenvalue weighted by Gasteiger charge is -2.18. The van der Waals surface area contributed by atoms with Crippen molar-refractivity contribution in [2.75, 3.05) is 17.7 Å². The van der Waals surface area contributed by atoms with Gasteiger partial charge in [-0.15, -0.1) is 0 Å². The van der Waals surface area contributed by atoms with Crippen molar-refractivity contribution >= 4 is 23.1 Å². The number of nitrogens with zero attached hydrogens (tertiary/aromatic N) is 2. The normalized spacial score (nSPS) is 10.3. The largest absolute Gasteiger partial charge is 0.399 e. The van der Waals surface area contributed by atoms with Crippen molar-refractivity contribution in [1.82, 2.24) is 9.97 Å². The third kappa shape index (κ3) is 2.81. The van der Waals surface area contributed by atoms with Crippen molar-refractivity contribution < 1.29 is 0 Å². The van der Waals surface area contributed by atoms with Crippen molar-refractivity contribution in [3.8, 4) is 0 Å². The summed E-state index contributed by atoms with van der Waals surface area (Å²) in [6.45, 7) is 0.528. The molecule has 0 aliphatic heterocycles. The van der Waals surface area contributed by atoms with Gasteiger partial charge >= 0.3 is 0 Å². The van der Waals surface area contributed by atoms with E-state index in [1.54, 1.807) is 12.1 Å². The Bertz CT molecular complexity index is 611. The van der Waals surface area contributed by atoms with Crippen molar-refractivity contribution in [3.05, 3.63) is 51.5 Å². The Morgan fingerprint density at radius 3 is 2.94 bits per heavy atom. The van der Waals surface area contributed by atoms with Gasteiger partial charge in [-0.2, -0.15) is 0 Å². The van der Waals surface area contributed by atoms with Gasteiger partial charge in [-0.1, -0.05) is 11.6 Å². The van der Waals surface area contributed by atoms with Crippen LogP contribution in [0.5, 0.6) is 0 Å². The summed E-state index contributed by atoms with van der Waals surface area (Å²) in [5.41, 5.74) is 7.07. The molecule has 0 unspecified atom stereocenters. The SMILES string of the molecule is CN(Cc1cc(N)ccc1Cl)c1cc(=O)[nH]cn1. The molecule has 94 valence electrons. The highest BCUT2D eigenvalue weighted by Gasteiger charge is 2.07. The number of nitrogen functional groups attached to an aromatic ring is 1. The first-order chi connectivity index (χ1) is 8.56. The number of benzene rings is 1. The van der Waals surface area contributed by atoms with E-state index in [1.165, 1.54) is 12.4 Å². The number of hydrogen-bond donors (Lipinski definition) is 2. The van der Waals surface area contributed by atoms with Crippen LogP contribution in [0.4, 0.5) is 11.5 Å². The summed E-state index contributed by atoms with van der Waals surface area (Å²) >= 11 is 6.09. The summed E-state index contributed by atoms with van der Waals surface area (Å²) in [4.78, 5) is 19.6. The fourth-order valence-corrected chi connectivity index (χ4v) is 1.80. The second kappa shape index (κ2) is 5.10. The summed E-state index contributed by atoms with van der Waals surface area (Å²) in [6, 6.07) is 6.74. The molecule has 0 saturated heterocycles. The molecule has 1 aromatic carbocycles. The Hall–Kier alpha value is -2.01. The highest BCUT2D eigenvalue weighted by Crippen LogP contribution is 2.21. The Morgan fingerprint density at radius 1 is 1.44 bits per heavy atom. The van der Waals surface area contributed by atoms with Crippen LogP contribution in [0.25, 0.3) is 0 Å². The van der Waals surface area contributed by atoms with E-state index in [2.05, 4.69) is 9.97 Å². The van der Waals surface area contributed by atoms with E-state index in [0.717, 1.165) is 5.56 Å². The number of anilines is 2. The van der Waals surface area contributed by atoms with E-state index >= 15 is 0 Å². The molecule has 0 bridgehead atoms. The van der Waals surface area contributed by atoms with Crippen LogP contribution in [0.15, 0.2) is 35.4 Å². The second-order valence-electron chi connectivity index (χ2n) is 3.98. The van der Waals surface area contributed by atoms with Crippen LogP contribution in [0.2, 0.25) is 5.02 Å². The van der Waals surface area contributed by atoms with Crippen LogP contribution in [-0.2, 0) is 6.54 Å². The van der Waals surface area contributed by atoms with E-state index in [9.17, 15) is 4.79 Å². The molecule has 0 aliphatic carbocycles. The predicted molar refractivity (Wildman–Crippen MR) is 72.8 cm³/mol. The van der Waals surface area contributed by atoms with Crippen LogP contribution in [-0.4, -0.2) is 17.0 Å². The van der Waals surface area contributed by atoms with Gasteiger partial charge in [-0.25, -0.2) is 4.98 Å². The Kier molecular flexibility index (Phi) is 3.53. The zero-order valence-corrected chi connectivity index (χ0v) is 10.6. The van der Waals surface area contributed by atoms with Gasteiger partial charge < -0.3 is 15.6 Å². The van der Waals surface area contributed by atoms with Gasteiger partial charge in [0, 0.05) is 30.4 Å². The Balaban J connectivity index is 2.23. The highest BCUT2D eigenvalue weighted by molar-refractivity contribution is 6.31. The number of rotatable bonds is 3. The van der Waals surface area contributed by atoms with E-state index < -0.39 is 0 Å². The number of halogens is 1. The highest BCUT2D eigenvalue weighted by atomic mass is 35.5. The minimum atomic E-state index is -0.189. The third-order valence-electron chi connectivity index (χ3n) is 2.53. The molecule has 1 heterocycles. The van der Waals surface area contributed by atoms with Gasteiger partial charge in [-0.3, -0.25) is 4.79 Å². The monoisotopic (exact) mass is 264 g/mol. The molecule has 6 heteroatoms. The number of nitrogens with two attached hydrogens (primary N) is 1. The zero-order valence-electron chi connectivity index (χ0n) is 9.85. The van der Waals surface area contributed by atoms with Crippen molar-refractivity contribution in [2.24, 2.45) is 0 Å². The first-order valence-electron chi connectivity index (χ1n) is 5.36. The molecule has 5 nitrogen and oxygen atoms in total. The Morgan fingerprint density at radius 2 is 2.22 bits per heavy atom. The first-order valence-corrected chi connectivity index (χ1v) is 5.74. The van der Waals surface area contributed by atoms with Crippen LogP contribution in [0, 0.1) is 0 Å². The lowest BCUT2D eigenvalue weighted by Crippen LogP contribution is -2.20. The molecule has 2 aromatic rings. The van der Waals surface area contributed by atoms with Crippen molar-refractivity contribution in [3.63, 3.8) is 0 Å². The molecule has 0 aliphatic rings. The molecule has 18 heavy (non-hydrogen) atoms. The third-order valence-corrected chi connectivity index (χ3v) is 2.90. The van der Waals surface area contributed by atoms with Crippen LogP contribution >= 0.6 is 11.6 Å². The first kappa shape index (κ1) is 12.4. The Labute approximate surface area is 109 Å². The summed E-state index contributed by atoms with van der Waals surface area (Å²) in [5, 5.41) is 0.640. The molecule has 3 N–H and O–H groups in total. The van der Waals surface area contributed by atoms with E-state index in [0.29, 0.717) is 23.1 Å². The maximum absolute atomic E-state index is 11.2. The molecular weight excluding hydrogens is 252 g/mol. The van der Waals surface area contributed by atoms with Crippen molar-refractivity contribution in [1.29, 1.82) is 0 Å². The average molecular weight is 265 g/mol. The molecule has 1 aromatic heterocycles. The van der Waals surface area contributed by atoms with Gasteiger partial charge in [0.1, 0.15) is 5.82 Å². The fraction of sp³-hybridized carbons (Fsp3) is 0.167. The quantitative estimate of drug-likeness (QED) is 0.827. The minimum Gasteiger partial charge on any atom is -0.399 e. The number of hydrogen-bond acceptors (Lipinski definition) is 4. The molecule has 0 fully saturated rings. The molecule has 0 amide bonds. The van der Waals surface area contributed by atoms with E-state index in [-0.39, 0.29) is 5.56 Å². The van der Waals surface area contributed by atoms with Gasteiger partial charge in [0.15, 0.2) is 0 Å². The molecule has 0 atom stereocenters. The summed E-state index contributed by atoms with van der Waals surface area (Å²) in [5.74, 6) is 0.581. The van der Waals surface area contributed by atoms with Crippen molar-refractivity contribution in [2.45, 2.75) is 6.54 Å². The minimum absolute atomic E-state index is 0.189. The number of nitrogens with one attached hydrogen (secondary N) is 1. The smallest absolute Gasteiger partial charge is 0.252 e. The fourth-order valence-electron chi connectivity index (χ4n) is 1.62. The number of aromatic nitrogens is 2. The zero-order chi connectivity index (χ0) is 13.1. The van der Waals surface area contributed by atoms with Gasteiger partial charge in [0.2, 0.25) is 0 Å². The predicted octanol–water partition coefficient (Wildman–Crippen LogP) is 1.64. The number of H-pyrrole nitrogens is 1. The maximum atomic E-state index is 11.2. The van der Waals surface area contributed by atoms with Gasteiger partial charge in [-0.05, 0) is 23.8 Å². The van der Waals surface area contributed by atoms with E-state index in [1.807, 2.05) is 18.0 Å². The van der Waals surface area contributed by atoms with Gasteiger partial charge in [0.25, 0.3) is 5.56 Å². The van der Waals surface area contributed by atoms with Crippen LogP contribution < -0.4 is 16.2 Å². The second-order valence-corrected chi connectivity index (χ2v) is 4.38. The summed E-state index contributed by atoms with van der Waals surface area (Å²) < 4.78 is 0. The number of aromatic amines is 1. The topological polar surface area (TPSA) is 75.0 Å². The van der Waals surface area contributed by atoms with E-state index in [4.69, 9.17) is 17.3 Å². The van der Waals surface area contributed by atoms with Crippen LogP contribution in [0.3, 0.4) is 0 Å². The lowest BCUT2D eigenvalue weighted by atomic mass is 10.2. The van der Waals surface area contributed by atoms with Crippen LogP contribution in [0.1, 0.15) is 5.56 Å². The lowest BCUT2D eigenvalue weighted by molar-refractivity contribution is 0.887. The molecule has 0 spiro atoms. The van der Waals surface area contributed by atoms with Gasteiger partial charge in [0.05, 0.1) is 6.33 Å².